The number of aromatic nitrogens is 2. The number of aryl methyl sites for hydroxylation is 1. The molecular weight excluding hydrogens is 392 g/mol. The van der Waals surface area contributed by atoms with Crippen LogP contribution >= 0.6 is 11.3 Å². The summed E-state index contributed by atoms with van der Waals surface area (Å²) >= 11 is 1.42. The molecule has 0 unspecified atom stereocenters. The van der Waals surface area contributed by atoms with Crippen molar-refractivity contribution in [1.29, 1.82) is 0 Å². The van der Waals surface area contributed by atoms with Gasteiger partial charge in [0.25, 0.3) is 0 Å². The number of carbonyl (C=O) groups is 1. The van der Waals surface area contributed by atoms with E-state index in [0.29, 0.717) is 39.6 Å². The molecule has 0 atom stereocenters. The lowest BCUT2D eigenvalue weighted by atomic mass is 10.2. The summed E-state index contributed by atoms with van der Waals surface area (Å²) in [7, 11) is 4.57. The summed E-state index contributed by atoms with van der Waals surface area (Å²) < 4.78 is 15.9. The van der Waals surface area contributed by atoms with Crippen molar-refractivity contribution in [2.75, 3.05) is 32.0 Å². The zero-order valence-electron chi connectivity index (χ0n) is 16.6. The van der Waals surface area contributed by atoms with Crippen LogP contribution < -0.4 is 24.8 Å². The van der Waals surface area contributed by atoms with Gasteiger partial charge in [0.05, 0.1) is 33.4 Å². The van der Waals surface area contributed by atoms with Gasteiger partial charge in [-0.25, -0.2) is 9.97 Å². The summed E-state index contributed by atoms with van der Waals surface area (Å²) in [5.74, 6) is 1.91. The average molecular weight is 414 g/mol. The van der Waals surface area contributed by atoms with E-state index in [9.17, 15) is 4.79 Å². The first-order valence-electron chi connectivity index (χ1n) is 8.76. The molecule has 0 radical (unpaired) electrons. The zero-order valence-corrected chi connectivity index (χ0v) is 17.4. The molecule has 3 rings (SSSR count). The third-order valence-electron chi connectivity index (χ3n) is 3.99. The largest absolute Gasteiger partial charge is 0.493 e. The zero-order chi connectivity index (χ0) is 20.8. The van der Waals surface area contributed by atoms with E-state index in [-0.39, 0.29) is 12.3 Å². The van der Waals surface area contributed by atoms with Crippen molar-refractivity contribution < 1.29 is 19.0 Å². The number of nitrogens with one attached hydrogen (secondary N) is 2. The molecule has 0 spiro atoms. The number of nitrogens with zero attached hydrogens (tertiary/aromatic N) is 2. The van der Waals surface area contributed by atoms with E-state index in [1.54, 1.807) is 18.3 Å². The third kappa shape index (κ3) is 5.14. The smallest absolute Gasteiger partial charge is 0.230 e. The van der Waals surface area contributed by atoms with Gasteiger partial charge in [-0.1, -0.05) is 0 Å². The molecule has 0 aliphatic rings. The van der Waals surface area contributed by atoms with Crippen molar-refractivity contribution in [3.05, 3.63) is 47.1 Å². The maximum atomic E-state index is 12.5. The van der Waals surface area contributed by atoms with Gasteiger partial charge in [-0.05, 0) is 24.6 Å². The van der Waals surface area contributed by atoms with E-state index in [2.05, 4.69) is 20.6 Å². The highest BCUT2D eigenvalue weighted by molar-refractivity contribution is 7.13. The molecule has 2 heterocycles. The van der Waals surface area contributed by atoms with Gasteiger partial charge in [-0.15, -0.1) is 11.3 Å². The summed E-state index contributed by atoms with van der Waals surface area (Å²) in [6, 6.07) is 7.21. The summed E-state index contributed by atoms with van der Waals surface area (Å²) in [5.41, 5.74) is 2.31. The van der Waals surface area contributed by atoms with Crippen molar-refractivity contribution in [3.63, 3.8) is 0 Å². The molecule has 0 aliphatic carbocycles. The van der Waals surface area contributed by atoms with E-state index in [4.69, 9.17) is 14.2 Å². The summed E-state index contributed by atoms with van der Waals surface area (Å²) in [4.78, 5) is 21.2. The minimum Gasteiger partial charge on any atom is -0.493 e. The first kappa shape index (κ1) is 20.4. The lowest BCUT2D eigenvalue weighted by Crippen LogP contribution is -2.15. The summed E-state index contributed by atoms with van der Waals surface area (Å²) in [6.07, 6.45) is 1.87. The van der Waals surface area contributed by atoms with Gasteiger partial charge in [-0.2, -0.15) is 0 Å². The highest BCUT2D eigenvalue weighted by Crippen LogP contribution is 2.39. The highest BCUT2D eigenvalue weighted by atomic mass is 32.1. The average Bonchev–Trinajstić information content (AvgIpc) is 3.13. The van der Waals surface area contributed by atoms with Crippen molar-refractivity contribution in [1.82, 2.24) is 9.97 Å². The molecule has 8 nitrogen and oxygen atoms in total. The molecule has 0 saturated carbocycles. The van der Waals surface area contributed by atoms with E-state index < -0.39 is 0 Å². The maximum absolute atomic E-state index is 12.5. The Bertz CT molecular complexity index is 981. The van der Waals surface area contributed by atoms with Crippen LogP contribution in [0.3, 0.4) is 0 Å². The normalized spacial score (nSPS) is 10.3. The highest BCUT2D eigenvalue weighted by Gasteiger charge is 2.15. The van der Waals surface area contributed by atoms with Gasteiger partial charge < -0.3 is 24.8 Å². The predicted molar refractivity (Wildman–Crippen MR) is 113 cm³/mol. The quantitative estimate of drug-likeness (QED) is 0.579. The van der Waals surface area contributed by atoms with Gasteiger partial charge in [0.2, 0.25) is 11.7 Å². The first-order valence-corrected chi connectivity index (χ1v) is 9.64. The molecule has 3 aromatic rings. The Morgan fingerprint density at radius 1 is 1.10 bits per heavy atom. The van der Waals surface area contributed by atoms with Gasteiger partial charge in [0, 0.05) is 29.4 Å². The summed E-state index contributed by atoms with van der Waals surface area (Å²) in [6.45, 7) is 1.99. The van der Waals surface area contributed by atoms with Gasteiger partial charge in [-0.3, -0.25) is 4.79 Å². The molecule has 29 heavy (non-hydrogen) atoms. The van der Waals surface area contributed by atoms with Gasteiger partial charge in [0.15, 0.2) is 16.6 Å². The Morgan fingerprint density at radius 3 is 2.45 bits per heavy atom. The number of ether oxygens (including phenoxy) is 3. The Morgan fingerprint density at radius 2 is 1.83 bits per heavy atom. The van der Waals surface area contributed by atoms with Crippen molar-refractivity contribution >= 4 is 33.9 Å². The van der Waals surface area contributed by atoms with Crippen LogP contribution in [0.2, 0.25) is 0 Å². The lowest BCUT2D eigenvalue weighted by Gasteiger charge is -2.14. The van der Waals surface area contributed by atoms with Crippen LogP contribution in [-0.2, 0) is 11.2 Å². The molecule has 2 N–H and O–H groups in total. The monoisotopic (exact) mass is 414 g/mol. The standard InChI is InChI=1S/C20H22N4O4S/c1-12-5-6-21-17(7-12)24-20-23-14(11-29-20)10-18(25)22-13-8-15(26-2)19(28-4)16(9-13)27-3/h5-9,11H,10H2,1-4H3,(H,22,25)(H,21,23,24). The number of amides is 1. The molecule has 0 aliphatic heterocycles. The van der Waals surface area contributed by atoms with Crippen LogP contribution in [0.15, 0.2) is 35.8 Å². The SMILES string of the molecule is COc1cc(NC(=O)Cc2csc(Nc3cc(C)ccn3)n2)cc(OC)c1OC. The van der Waals surface area contributed by atoms with Gasteiger partial charge >= 0.3 is 0 Å². The number of methoxy groups -OCH3 is 3. The predicted octanol–water partition coefficient (Wildman–Crippen LogP) is 3.80. The minimum atomic E-state index is -0.204. The second kappa shape index (κ2) is 9.24. The topological polar surface area (TPSA) is 94.6 Å². The van der Waals surface area contributed by atoms with Crippen LogP contribution in [0.4, 0.5) is 16.6 Å². The second-order valence-corrected chi connectivity index (χ2v) is 6.98. The van der Waals surface area contributed by atoms with E-state index >= 15 is 0 Å². The van der Waals surface area contributed by atoms with Crippen LogP contribution in [0.5, 0.6) is 17.2 Å². The molecule has 1 aromatic carbocycles. The molecule has 0 saturated heterocycles. The van der Waals surface area contributed by atoms with Crippen LogP contribution in [0.1, 0.15) is 11.3 Å². The van der Waals surface area contributed by atoms with E-state index in [0.717, 1.165) is 5.56 Å². The number of thiazole rings is 1. The lowest BCUT2D eigenvalue weighted by molar-refractivity contribution is -0.115. The number of pyridine rings is 1. The first-order chi connectivity index (χ1) is 14.0. The van der Waals surface area contributed by atoms with Crippen molar-refractivity contribution in [3.8, 4) is 17.2 Å². The van der Waals surface area contributed by atoms with Crippen LogP contribution in [0.25, 0.3) is 0 Å². The van der Waals surface area contributed by atoms with E-state index in [1.807, 2.05) is 24.4 Å². The number of hydrogen-bond acceptors (Lipinski definition) is 8. The molecular formula is C20H22N4O4S. The Labute approximate surface area is 172 Å². The molecule has 2 aromatic heterocycles. The second-order valence-electron chi connectivity index (χ2n) is 6.13. The molecule has 1 amide bonds. The van der Waals surface area contributed by atoms with Crippen molar-refractivity contribution in [2.45, 2.75) is 13.3 Å². The fraction of sp³-hybridized carbons (Fsp3) is 0.250. The number of carbonyl (C=O) groups excluding carboxylic acids is 1. The molecule has 0 fully saturated rings. The number of hydrogen-bond donors (Lipinski definition) is 2. The van der Waals surface area contributed by atoms with Crippen LogP contribution in [-0.4, -0.2) is 37.2 Å². The third-order valence-corrected chi connectivity index (χ3v) is 4.80. The summed E-state index contributed by atoms with van der Waals surface area (Å²) in [5, 5.41) is 8.50. The minimum absolute atomic E-state index is 0.135. The van der Waals surface area contributed by atoms with Gasteiger partial charge in [0.1, 0.15) is 5.82 Å². The maximum Gasteiger partial charge on any atom is 0.230 e. The molecule has 0 bridgehead atoms. The molecule has 9 heteroatoms. The number of rotatable bonds is 8. The Hall–Kier alpha value is -3.33. The van der Waals surface area contributed by atoms with Crippen molar-refractivity contribution in [2.24, 2.45) is 0 Å². The molecule has 152 valence electrons. The van der Waals surface area contributed by atoms with E-state index in [1.165, 1.54) is 32.7 Å². The number of anilines is 3. The fourth-order valence-corrected chi connectivity index (χ4v) is 3.40. The Kier molecular flexibility index (Phi) is 6.50. The number of benzene rings is 1. The Balaban J connectivity index is 1.66. The fourth-order valence-electron chi connectivity index (χ4n) is 2.68. The van der Waals surface area contributed by atoms with Crippen LogP contribution in [0, 0.1) is 6.92 Å².